The number of anilines is 1. The van der Waals surface area contributed by atoms with E-state index in [2.05, 4.69) is 11.6 Å². The summed E-state index contributed by atoms with van der Waals surface area (Å²) >= 11 is 0. The standard InChI is InChI=1S/C11H11FN2O/c1-2-8-6-10(15)14(7-8)9-4-3-5-13-11(9)12/h2-5,8H,1,6-7H2. The van der Waals surface area contributed by atoms with Crippen LogP contribution in [0.1, 0.15) is 6.42 Å². The van der Waals surface area contributed by atoms with Gasteiger partial charge in [0.25, 0.3) is 0 Å². The molecule has 1 fully saturated rings. The molecule has 4 heteroatoms. The highest BCUT2D eigenvalue weighted by atomic mass is 19.1. The van der Waals surface area contributed by atoms with Crippen molar-refractivity contribution in [2.75, 3.05) is 11.4 Å². The number of carbonyl (C=O) groups is 1. The molecular formula is C11H11FN2O. The second kappa shape index (κ2) is 3.81. The summed E-state index contributed by atoms with van der Waals surface area (Å²) in [6.07, 6.45) is 3.49. The molecule has 0 saturated carbocycles. The summed E-state index contributed by atoms with van der Waals surface area (Å²) in [5, 5.41) is 0. The molecule has 0 aliphatic carbocycles. The molecule has 1 aliphatic heterocycles. The van der Waals surface area contributed by atoms with E-state index < -0.39 is 5.95 Å². The van der Waals surface area contributed by atoms with Crippen molar-refractivity contribution in [3.63, 3.8) is 0 Å². The smallest absolute Gasteiger partial charge is 0.236 e. The van der Waals surface area contributed by atoms with Crippen molar-refractivity contribution < 1.29 is 9.18 Å². The fourth-order valence-electron chi connectivity index (χ4n) is 1.70. The lowest BCUT2D eigenvalue weighted by atomic mass is 10.1. The maximum atomic E-state index is 13.3. The van der Waals surface area contributed by atoms with E-state index in [1.54, 1.807) is 18.2 Å². The first-order valence-corrected chi connectivity index (χ1v) is 4.76. The Morgan fingerprint density at radius 2 is 2.47 bits per heavy atom. The molecule has 0 spiro atoms. The van der Waals surface area contributed by atoms with Crippen LogP contribution in [0.15, 0.2) is 31.0 Å². The molecule has 2 heterocycles. The van der Waals surface area contributed by atoms with E-state index in [9.17, 15) is 9.18 Å². The van der Waals surface area contributed by atoms with Crippen LogP contribution in [-0.2, 0) is 4.79 Å². The van der Waals surface area contributed by atoms with Crippen LogP contribution >= 0.6 is 0 Å². The van der Waals surface area contributed by atoms with Crippen molar-refractivity contribution in [3.8, 4) is 0 Å². The molecule has 0 N–H and O–H groups in total. The van der Waals surface area contributed by atoms with Gasteiger partial charge in [-0.1, -0.05) is 6.08 Å². The van der Waals surface area contributed by atoms with Crippen LogP contribution in [-0.4, -0.2) is 17.4 Å². The van der Waals surface area contributed by atoms with E-state index in [-0.39, 0.29) is 17.5 Å². The topological polar surface area (TPSA) is 33.2 Å². The summed E-state index contributed by atoms with van der Waals surface area (Å²) in [6, 6.07) is 3.18. The number of hydrogen-bond donors (Lipinski definition) is 0. The first-order chi connectivity index (χ1) is 7.22. The largest absolute Gasteiger partial charge is 0.308 e. The third-order valence-electron chi connectivity index (χ3n) is 2.52. The van der Waals surface area contributed by atoms with Gasteiger partial charge in [0.05, 0.1) is 5.69 Å². The molecule has 0 bridgehead atoms. The van der Waals surface area contributed by atoms with Gasteiger partial charge in [0.1, 0.15) is 0 Å². The highest BCUT2D eigenvalue weighted by Gasteiger charge is 2.30. The van der Waals surface area contributed by atoms with Crippen molar-refractivity contribution >= 4 is 11.6 Å². The van der Waals surface area contributed by atoms with E-state index >= 15 is 0 Å². The first-order valence-electron chi connectivity index (χ1n) is 4.76. The summed E-state index contributed by atoms with van der Waals surface area (Å²) in [5.41, 5.74) is 0.256. The molecule has 15 heavy (non-hydrogen) atoms. The minimum Gasteiger partial charge on any atom is -0.308 e. The number of halogens is 1. The van der Waals surface area contributed by atoms with E-state index in [4.69, 9.17) is 0 Å². The number of rotatable bonds is 2. The van der Waals surface area contributed by atoms with Gasteiger partial charge in [-0.25, -0.2) is 4.98 Å². The van der Waals surface area contributed by atoms with Crippen molar-refractivity contribution in [3.05, 3.63) is 36.9 Å². The van der Waals surface area contributed by atoms with Crippen molar-refractivity contribution in [1.82, 2.24) is 4.98 Å². The maximum absolute atomic E-state index is 13.3. The fraction of sp³-hybridized carbons (Fsp3) is 0.273. The van der Waals surface area contributed by atoms with Crippen LogP contribution in [0, 0.1) is 11.9 Å². The fourth-order valence-corrected chi connectivity index (χ4v) is 1.70. The monoisotopic (exact) mass is 206 g/mol. The Kier molecular flexibility index (Phi) is 2.49. The van der Waals surface area contributed by atoms with Gasteiger partial charge in [0, 0.05) is 25.1 Å². The lowest BCUT2D eigenvalue weighted by Crippen LogP contribution is -2.25. The predicted octanol–water partition coefficient (Wildman–Crippen LogP) is 1.76. The normalized spacial score (nSPS) is 20.7. The number of hydrogen-bond acceptors (Lipinski definition) is 2. The Balaban J connectivity index is 2.29. The maximum Gasteiger partial charge on any atom is 0.236 e. The molecule has 0 radical (unpaired) electrons. The molecule has 1 aromatic heterocycles. The highest BCUT2D eigenvalue weighted by Crippen LogP contribution is 2.26. The number of carbonyl (C=O) groups excluding carboxylic acids is 1. The molecule has 1 aromatic rings. The van der Waals surface area contributed by atoms with Gasteiger partial charge in [0.2, 0.25) is 11.9 Å². The van der Waals surface area contributed by atoms with Crippen LogP contribution in [0.2, 0.25) is 0 Å². The SMILES string of the molecule is C=CC1CC(=O)N(c2cccnc2F)C1. The molecule has 1 amide bonds. The Labute approximate surface area is 87.2 Å². The Bertz CT molecular complexity index is 405. The van der Waals surface area contributed by atoms with Gasteiger partial charge in [-0.2, -0.15) is 4.39 Å². The molecule has 3 nitrogen and oxygen atoms in total. The third kappa shape index (κ3) is 1.75. The minimum atomic E-state index is -0.601. The van der Waals surface area contributed by atoms with Gasteiger partial charge in [-0.15, -0.1) is 6.58 Å². The first kappa shape index (κ1) is 9.83. The number of aromatic nitrogens is 1. The molecule has 1 unspecified atom stereocenters. The lowest BCUT2D eigenvalue weighted by Gasteiger charge is -2.15. The summed E-state index contributed by atoms with van der Waals surface area (Å²) in [6.45, 7) is 4.13. The molecule has 1 aliphatic rings. The van der Waals surface area contributed by atoms with Crippen molar-refractivity contribution in [2.24, 2.45) is 5.92 Å². The van der Waals surface area contributed by atoms with Gasteiger partial charge in [-0.3, -0.25) is 4.79 Å². The van der Waals surface area contributed by atoms with E-state index in [1.165, 1.54) is 11.1 Å². The summed E-state index contributed by atoms with van der Waals surface area (Å²) in [7, 11) is 0. The summed E-state index contributed by atoms with van der Waals surface area (Å²) in [5.74, 6) is -0.570. The summed E-state index contributed by atoms with van der Waals surface area (Å²) < 4.78 is 13.3. The predicted molar refractivity (Wildman–Crippen MR) is 54.9 cm³/mol. The zero-order valence-electron chi connectivity index (χ0n) is 8.19. The minimum absolute atomic E-state index is 0.0770. The van der Waals surface area contributed by atoms with Gasteiger partial charge >= 0.3 is 0 Å². The lowest BCUT2D eigenvalue weighted by molar-refractivity contribution is -0.117. The van der Waals surface area contributed by atoms with Crippen LogP contribution in [0.3, 0.4) is 0 Å². The average Bonchev–Trinajstić information content (AvgIpc) is 2.60. The Hall–Kier alpha value is -1.71. The molecule has 78 valence electrons. The van der Waals surface area contributed by atoms with Crippen LogP contribution in [0.4, 0.5) is 10.1 Å². The molecule has 0 aromatic carbocycles. The number of nitrogens with zero attached hydrogens (tertiary/aromatic N) is 2. The second-order valence-electron chi connectivity index (χ2n) is 3.52. The zero-order chi connectivity index (χ0) is 10.8. The van der Waals surface area contributed by atoms with Crippen LogP contribution < -0.4 is 4.90 Å². The zero-order valence-corrected chi connectivity index (χ0v) is 8.19. The number of pyridine rings is 1. The summed E-state index contributed by atoms with van der Waals surface area (Å²) in [4.78, 5) is 16.5. The number of amides is 1. The molecule has 2 rings (SSSR count). The van der Waals surface area contributed by atoms with E-state index in [1.807, 2.05) is 0 Å². The molecule has 1 saturated heterocycles. The van der Waals surface area contributed by atoms with Crippen molar-refractivity contribution in [1.29, 1.82) is 0 Å². The van der Waals surface area contributed by atoms with Crippen LogP contribution in [0.25, 0.3) is 0 Å². The quantitative estimate of drug-likeness (QED) is 0.545. The van der Waals surface area contributed by atoms with Gasteiger partial charge in [0.15, 0.2) is 0 Å². The van der Waals surface area contributed by atoms with Crippen molar-refractivity contribution in [2.45, 2.75) is 6.42 Å². The molecular weight excluding hydrogens is 195 g/mol. The second-order valence-corrected chi connectivity index (χ2v) is 3.52. The van der Waals surface area contributed by atoms with E-state index in [0.717, 1.165) is 0 Å². The Morgan fingerprint density at radius 1 is 1.67 bits per heavy atom. The van der Waals surface area contributed by atoms with Gasteiger partial charge in [-0.05, 0) is 12.1 Å². The van der Waals surface area contributed by atoms with Gasteiger partial charge < -0.3 is 4.90 Å². The third-order valence-corrected chi connectivity index (χ3v) is 2.52. The van der Waals surface area contributed by atoms with Crippen LogP contribution in [0.5, 0.6) is 0 Å². The van der Waals surface area contributed by atoms with E-state index in [0.29, 0.717) is 13.0 Å². The molecule has 1 atom stereocenters. The Morgan fingerprint density at radius 3 is 3.07 bits per heavy atom. The average molecular weight is 206 g/mol. The highest BCUT2D eigenvalue weighted by molar-refractivity contribution is 5.95.